The van der Waals surface area contributed by atoms with E-state index < -0.39 is 0 Å². The van der Waals surface area contributed by atoms with Crippen molar-refractivity contribution in [1.29, 1.82) is 0 Å². The molecule has 2 fully saturated rings. The van der Waals surface area contributed by atoms with Gasteiger partial charge in [-0.2, -0.15) is 0 Å². The molecule has 2 saturated carbocycles. The summed E-state index contributed by atoms with van der Waals surface area (Å²) >= 11 is 0. The Morgan fingerprint density at radius 2 is 1.76 bits per heavy atom. The zero-order valence-corrected chi connectivity index (χ0v) is 11.9. The predicted molar refractivity (Wildman–Crippen MR) is 75.2 cm³/mol. The molecule has 2 atom stereocenters. The molecular weight excluding hydrogens is 206 g/mol. The van der Waals surface area contributed by atoms with E-state index in [4.69, 9.17) is 0 Å². The van der Waals surface area contributed by atoms with Crippen molar-refractivity contribution in [2.45, 2.75) is 77.7 Å². The highest BCUT2D eigenvalue weighted by molar-refractivity contribution is 4.81. The van der Waals surface area contributed by atoms with Crippen LogP contribution in [-0.2, 0) is 0 Å². The van der Waals surface area contributed by atoms with Gasteiger partial charge in [-0.05, 0) is 56.4 Å². The zero-order valence-electron chi connectivity index (χ0n) is 11.9. The molecule has 0 aromatic heterocycles. The van der Waals surface area contributed by atoms with Gasteiger partial charge in [0.05, 0.1) is 0 Å². The molecule has 2 rings (SSSR count). The van der Waals surface area contributed by atoms with E-state index in [1.54, 1.807) is 0 Å². The quantitative estimate of drug-likeness (QED) is 0.748. The van der Waals surface area contributed by atoms with Gasteiger partial charge < -0.3 is 5.32 Å². The summed E-state index contributed by atoms with van der Waals surface area (Å²) in [6.45, 7) is 6.06. The molecule has 1 N–H and O–H groups in total. The van der Waals surface area contributed by atoms with Crippen molar-refractivity contribution in [2.75, 3.05) is 6.54 Å². The molecule has 100 valence electrons. The minimum atomic E-state index is 0.843. The molecule has 0 saturated heterocycles. The smallest absolute Gasteiger partial charge is 0.00673 e. The first kappa shape index (κ1) is 13.4. The van der Waals surface area contributed by atoms with Crippen LogP contribution in [0.2, 0.25) is 0 Å². The Hall–Kier alpha value is -0.0400. The molecule has 0 radical (unpaired) electrons. The minimum absolute atomic E-state index is 0.843. The summed E-state index contributed by atoms with van der Waals surface area (Å²) in [6.07, 6.45) is 13.1. The van der Waals surface area contributed by atoms with Gasteiger partial charge in [-0.25, -0.2) is 0 Å². The molecule has 0 aromatic carbocycles. The topological polar surface area (TPSA) is 12.0 Å². The van der Waals surface area contributed by atoms with Crippen molar-refractivity contribution < 1.29 is 0 Å². The Bertz CT molecular complexity index is 206. The fourth-order valence-electron chi connectivity index (χ4n) is 3.91. The van der Waals surface area contributed by atoms with Crippen LogP contribution in [-0.4, -0.2) is 12.6 Å². The summed E-state index contributed by atoms with van der Waals surface area (Å²) in [4.78, 5) is 0. The van der Waals surface area contributed by atoms with Crippen LogP contribution < -0.4 is 5.32 Å². The van der Waals surface area contributed by atoms with Crippen molar-refractivity contribution in [3.63, 3.8) is 0 Å². The molecule has 0 spiro atoms. The van der Waals surface area contributed by atoms with E-state index >= 15 is 0 Å². The Morgan fingerprint density at radius 3 is 2.35 bits per heavy atom. The zero-order chi connectivity index (χ0) is 12.1. The fraction of sp³-hybridized carbons (Fsp3) is 1.00. The van der Waals surface area contributed by atoms with Crippen molar-refractivity contribution in [3.05, 3.63) is 0 Å². The number of hydrogen-bond acceptors (Lipinski definition) is 1. The van der Waals surface area contributed by atoms with Gasteiger partial charge in [0.15, 0.2) is 0 Å². The van der Waals surface area contributed by atoms with E-state index in [1.165, 1.54) is 64.3 Å². The second-order valence-electron chi connectivity index (χ2n) is 6.58. The minimum Gasteiger partial charge on any atom is -0.314 e. The molecule has 0 bridgehead atoms. The van der Waals surface area contributed by atoms with E-state index in [1.807, 2.05) is 0 Å². The lowest BCUT2D eigenvalue weighted by Gasteiger charge is -2.30. The maximum absolute atomic E-state index is 3.86. The van der Waals surface area contributed by atoms with Crippen LogP contribution in [0.1, 0.15) is 71.6 Å². The van der Waals surface area contributed by atoms with Gasteiger partial charge in [-0.3, -0.25) is 0 Å². The van der Waals surface area contributed by atoms with Crippen LogP contribution in [0, 0.1) is 17.8 Å². The molecule has 2 unspecified atom stereocenters. The molecule has 17 heavy (non-hydrogen) atoms. The Morgan fingerprint density at radius 1 is 1.00 bits per heavy atom. The summed E-state index contributed by atoms with van der Waals surface area (Å²) in [6, 6.07) is 0.843. The maximum atomic E-state index is 3.86. The maximum Gasteiger partial charge on any atom is 0.00673 e. The average molecular weight is 237 g/mol. The van der Waals surface area contributed by atoms with Gasteiger partial charge in [0.25, 0.3) is 0 Å². The van der Waals surface area contributed by atoms with Crippen LogP contribution in [0.4, 0.5) is 0 Å². The summed E-state index contributed by atoms with van der Waals surface area (Å²) < 4.78 is 0. The lowest BCUT2D eigenvalue weighted by atomic mass is 9.83. The Kier molecular flexibility index (Phi) is 5.34. The van der Waals surface area contributed by atoms with Crippen molar-refractivity contribution >= 4 is 0 Å². The van der Waals surface area contributed by atoms with Crippen LogP contribution >= 0.6 is 0 Å². The molecule has 0 aromatic rings. The second kappa shape index (κ2) is 6.78. The SMILES string of the molecule is CCCC1CCC(NCC2CCCC2C)CC1. The monoisotopic (exact) mass is 237 g/mol. The van der Waals surface area contributed by atoms with Crippen LogP contribution in [0.3, 0.4) is 0 Å². The van der Waals surface area contributed by atoms with E-state index in [0.717, 1.165) is 23.8 Å². The van der Waals surface area contributed by atoms with Gasteiger partial charge in [-0.15, -0.1) is 0 Å². The molecule has 2 aliphatic rings. The molecule has 1 nitrogen and oxygen atoms in total. The van der Waals surface area contributed by atoms with Crippen molar-refractivity contribution in [2.24, 2.45) is 17.8 Å². The summed E-state index contributed by atoms with van der Waals surface area (Å²) in [7, 11) is 0. The molecule has 0 amide bonds. The first-order valence-corrected chi connectivity index (χ1v) is 8.03. The van der Waals surface area contributed by atoms with Crippen LogP contribution in [0.25, 0.3) is 0 Å². The third-order valence-corrected chi connectivity index (χ3v) is 5.25. The van der Waals surface area contributed by atoms with E-state index in [0.29, 0.717) is 0 Å². The second-order valence-corrected chi connectivity index (χ2v) is 6.58. The van der Waals surface area contributed by atoms with Crippen molar-refractivity contribution in [1.82, 2.24) is 5.32 Å². The molecule has 2 aliphatic carbocycles. The lowest BCUT2D eigenvalue weighted by molar-refractivity contribution is 0.262. The normalized spacial score (nSPS) is 38.5. The summed E-state index contributed by atoms with van der Waals surface area (Å²) in [5.74, 6) is 2.99. The highest BCUT2D eigenvalue weighted by Gasteiger charge is 2.25. The summed E-state index contributed by atoms with van der Waals surface area (Å²) in [5.41, 5.74) is 0. The van der Waals surface area contributed by atoms with Gasteiger partial charge in [0.2, 0.25) is 0 Å². The van der Waals surface area contributed by atoms with Crippen molar-refractivity contribution in [3.8, 4) is 0 Å². The Labute approximate surface area is 108 Å². The van der Waals surface area contributed by atoms with Crippen LogP contribution in [0.5, 0.6) is 0 Å². The standard InChI is InChI=1S/C16H31N/c1-3-5-14-8-10-16(11-9-14)17-12-15-7-4-6-13(15)2/h13-17H,3-12H2,1-2H3. The third-order valence-electron chi connectivity index (χ3n) is 5.25. The van der Waals surface area contributed by atoms with Gasteiger partial charge in [0.1, 0.15) is 0 Å². The van der Waals surface area contributed by atoms with Gasteiger partial charge in [-0.1, -0.05) is 39.5 Å². The summed E-state index contributed by atoms with van der Waals surface area (Å²) in [5, 5.41) is 3.86. The van der Waals surface area contributed by atoms with Crippen LogP contribution in [0.15, 0.2) is 0 Å². The molecule has 1 heteroatoms. The predicted octanol–water partition coefficient (Wildman–Crippen LogP) is 4.37. The van der Waals surface area contributed by atoms with E-state index in [9.17, 15) is 0 Å². The highest BCUT2D eigenvalue weighted by atomic mass is 14.9. The average Bonchev–Trinajstić information content (AvgIpc) is 2.75. The van der Waals surface area contributed by atoms with E-state index in [-0.39, 0.29) is 0 Å². The first-order chi connectivity index (χ1) is 8.29. The Balaban J connectivity index is 1.61. The molecule has 0 aliphatic heterocycles. The first-order valence-electron chi connectivity index (χ1n) is 8.03. The fourth-order valence-corrected chi connectivity index (χ4v) is 3.91. The third kappa shape index (κ3) is 3.98. The number of rotatable bonds is 5. The number of hydrogen-bond donors (Lipinski definition) is 1. The van der Waals surface area contributed by atoms with Gasteiger partial charge >= 0.3 is 0 Å². The molecule has 0 heterocycles. The molecular formula is C16H31N. The van der Waals surface area contributed by atoms with Gasteiger partial charge in [0, 0.05) is 6.04 Å². The van der Waals surface area contributed by atoms with E-state index in [2.05, 4.69) is 19.2 Å². The number of nitrogens with one attached hydrogen (secondary N) is 1. The lowest BCUT2D eigenvalue weighted by Crippen LogP contribution is -2.36. The largest absolute Gasteiger partial charge is 0.314 e. The highest BCUT2D eigenvalue weighted by Crippen LogP contribution is 2.32.